The van der Waals surface area contributed by atoms with Gasteiger partial charge in [-0.15, -0.1) is 0 Å². The predicted octanol–water partition coefficient (Wildman–Crippen LogP) is 2.43. The van der Waals surface area contributed by atoms with E-state index in [2.05, 4.69) is 10.5 Å². The maximum atomic E-state index is 13.5. The van der Waals surface area contributed by atoms with Gasteiger partial charge in [0.15, 0.2) is 0 Å². The molecule has 6 heteroatoms. The molecule has 1 aromatic heterocycles. The topological polar surface area (TPSA) is 75.4 Å². The number of carbonyl (C=O) groups is 1. The molecular formula is C12H11FN2O3. The fraction of sp³-hybridized carbons (Fsp3) is 0.167. The average molecular weight is 250 g/mol. The number of rotatable bonds is 4. The molecule has 0 fully saturated rings. The third-order valence-electron chi connectivity index (χ3n) is 2.37. The summed E-state index contributed by atoms with van der Waals surface area (Å²) in [6.45, 7) is 1.93. The number of nitrogens with zero attached hydrogens (tertiary/aromatic N) is 1. The molecule has 0 unspecified atom stereocenters. The van der Waals surface area contributed by atoms with Gasteiger partial charge in [0, 0.05) is 6.07 Å². The van der Waals surface area contributed by atoms with Crippen molar-refractivity contribution in [3.63, 3.8) is 0 Å². The minimum Gasteiger partial charge on any atom is -0.478 e. The van der Waals surface area contributed by atoms with Crippen molar-refractivity contribution in [2.45, 2.75) is 13.5 Å². The van der Waals surface area contributed by atoms with Crippen LogP contribution in [0.4, 0.5) is 10.1 Å². The molecule has 0 bridgehead atoms. The number of benzene rings is 1. The standard InChI is InChI=1S/C12H11FN2O3/c1-7-5-8(15-18-7)6-14-11-9(12(16)17)3-2-4-10(11)13/h2-5,14H,6H2,1H3,(H,16,17). The number of halogens is 1. The van der Waals surface area contributed by atoms with Crippen LogP contribution in [-0.2, 0) is 6.54 Å². The van der Waals surface area contributed by atoms with Crippen LogP contribution in [0, 0.1) is 12.7 Å². The number of nitrogens with one attached hydrogen (secondary N) is 1. The van der Waals surface area contributed by atoms with E-state index in [0.717, 1.165) is 0 Å². The lowest BCUT2D eigenvalue weighted by Gasteiger charge is -2.08. The van der Waals surface area contributed by atoms with E-state index in [4.69, 9.17) is 9.63 Å². The van der Waals surface area contributed by atoms with Crippen LogP contribution in [0.25, 0.3) is 0 Å². The summed E-state index contributed by atoms with van der Waals surface area (Å²) in [5.41, 5.74) is 0.410. The quantitative estimate of drug-likeness (QED) is 0.871. The van der Waals surface area contributed by atoms with E-state index in [1.54, 1.807) is 13.0 Å². The minimum absolute atomic E-state index is 0.0503. The first-order chi connectivity index (χ1) is 8.58. The van der Waals surface area contributed by atoms with Crippen LogP contribution >= 0.6 is 0 Å². The molecule has 2 N–H and O–H groups in total. The molecule has 0 atom stereocenters. The zero-order valence-electron chi connectivity index (χ0n) is 9.61. The van der Waals surface area contributed by atoms with Crippen LogP contribution in [-0.4, -0.2) is 16.2 Å². The molecule has 0 saturated carbocycles. The van der Waals surface area contributed by atoms with Crippen molar-refractivity contribution < 1.29 is 18.8 Å². The summed E-state index contributed by atoms with van der Waals surface area (Å²) in [5, 5.41) is 15.4. The first-order valence-electron chi connectivity index (χ1n) is 5.26. The van der Waals surface area contributed by atoms with Gasteiger partial charge in [-0.3, -0.25) is 0 Å². The summed E-state index contributed by atoms with van der Waals surface area (Å²) in [6, 6.07) is 5.57. The number of aryl methyl sites for hydroxylation is 1. The maximum absolute atomic E-state index is 13.5. The summed E-state index contributed by atoms with van der Waals surface area (Å²) in [6.07, 6.45) is 0. The molecule has 0 amide bonds. The normalized spacial score (nSPS) is 10.3. The number of para-hydroxylation sites is 1. The van der Waals surface area contributed by atoms with Crippen LogP contribution in [0.5, 0.6) is 0 Å². The van der Waals surface area contributed by atoms with Gasteiger partial charge in [-0.1, -0.05) is 11.2 Å². The third-order valence-corrected chi connectivity index (χ3v) is 2.37. The van der Waals surface area contributed by atoms with Crippen molar-refractivity contribution in [1.82, 2.24) is 5.16 Å². The minimum atomic E-state index is -1.19. The Hall–Kier alpha value is -2.37. The van der Waals surface area contributed by atoms with Gasteiger partial charge in [0.25, 0.3) is 0 Å². The summed E-state index contributed by atoms with van der Waals surface area (Å²) >= 11 is 0. The highest BCUT2D eigenvalue weighted by Gasteiger charge is 2.14. The summed E-state index contributed by atoms with van der Waals surface area (Å²) < 4.78 is 18.4. The first-order valence-corrected chi connectivity index (χ1v) is 5.26. The van der Waals surface area contributed by atoms with Crippen molar-refractivity contribution in [3.8, 4) is 0 Å². The highest BCUT2D eigenvalue weighted by molar-refractivity contribution is 5.94. The van der Waals surface area contributed by atoms with Gasteiger partial charge in [-0.05, 0) is 19.1 Å². The Labute approximate surface area is 102 Å². The number of carboxylic acid groups (broad SMARTS) is 1. The lowest BCUT2D eigenvalue weighted by molar-refractivity contribution is 0.0697. The van der Waals surface area contributed by atoms with Crippen molar-refractivity contribution >= 4 is 11.7 Å². The smallest absolute Gasteiger partial charge is 0.337 e. The first kappa shape index (κ1) is 12.1. The Balaban J connectivity index is 2.20. The molecule has 0 saturated heterocycles. The second kappa shape index (κ2) is 4.87. The molecule has 0 radical (unpaired) electrons. The van der Waals surface area contributed by atoms with Gasteiger partial charge in [-0.25, -0.2) is 9.18 Å². The lowest BCUT2D eigenvalue weighted by atomic mass is 10.1. The predicted molar refractivity (Wildman–Crippen MR) is 61.9 cm³/mol. The molecule has 0 aliphatic carbocycles. The van der Waals surface area contributed by atoms with Crippen LogP contribution in [0.2, 0.25) is 0 Å². The molecule has 2 rings (SSSR count). The fourth-order valence-electron chi connectivity index (χ4n) is 1.56. The van der Waals surface area contributed by atoms with Gasteiger partial charge >= 0.3 is 5.97 Å². The molecule has 1 heterocycles. The van der Waals surface area contributed by atoms with Gasteiger partial charge in [0.2, 0.25) is 0 Å². The second-order valence-electron chi connectivity index (χ2n) is 3.75. The molecule has 0 aliphatic heterocycles. The van der Waals surface area contributed by atoms with E-state index in [9.17, 15) is 9.18 Å². The highest BCUT2D eigenvalue weighted by atomic mass is 19.1. The second-order valence-corrected chi connectivity index (χ2v) is 3.75. The summed E-state index contributed by atoms with van der Waals surface area (Å²) in [7, 11) is 0. The number of hydrogen-bond acceptors (Lipinski definition) is 4. The molecule has 2 aromatic rings. The number of hydrogen-bond donors (Lipinski definition) is 2. The molecule has 1 aromatic carbocycles. The van der Waals surface area contributed by atoms with Crippen molar-refractivity contribution in [3.05, 3.63) is 47.1 Å². The Morgan fingerprint density at radius 3 is 2.94 bits per heavy atom. The van der Waals surface area contributed by atoms with Crippen LogP contribution in [0.15, 0.2) is 28.8 Å². The van der Waals surface area contributed by atoms with Crippen molar-refractivity contribution in [2.75, 3.05) is 5.32 Å². The third kappa shape index (κ3) is 2.48. The lowest BCUT2D eigenvalue weighted by Crippen LogP contribution is -2.08. The highest BCUT2D eigenvalue weighted by Crippen LogP contribution is 2.20. The van der Waals surface area contributed by atoms with Gasteiger partial charge < -0.3 is 14.9 Å². The molecule has 0 spiro atoms. The van der Waals surface area contributed by atoms with E-state index >= 15 is 0 Å². The van der Waals surface area contributed by atoms with Gasteiger partial charge in [0.05, 0.1) is 17.8 Å². The number of carboxylic acids is 1. The van der Waals surface area contributed by atoms with Gasteiger partial charge in [-0.2, -0.15) is 0 Å². The van der Waals surface area contributed by atoms with Crippen molar-refractivity contribution in [1.29, 1.82) is 0 Å². The van der Waals surface area contributed by atoms with E-state index in [0.29, 0.717) is 11.5 Å². The van der Waals surface area contributed by atoms with E-state index in [-0.39, 0.29) is 17.8 Å². The average Bonchev–Trinajstić information content (AvgIpc) is 2.73. The Morgan fingerprint density at radius 1 is 1.56 bits per heavy atom. The monoisotopic (exact) mass is 250 g/mol. The van der Waals surface area contributed by atoms with Gasteiger partial charge in [0.1, 0.15) is 17.3 Å². The molecule has 18 heavy (non-hydrogen) atoms. The number of anilines is 1. The van der Waals surface area contributed by atoms with Crippen LogP contribution in [0.3, 0.4) is 0 Å². The van der Waals surface area contributed by atoms with Crippen LogP contribution < -0.4 is 5.32 Å². The van der Waals surface area contributed by atoms with Crippen LogP contribution in [0.1, 0.15) is 21.8 Å². The zero-order chi connectivity index (χ0) is 13.1. The summed E-state index contributed by atoms with van der Waals surface area (Å²) in [4.78, 5) is 10.9. The Morgan fingerprint density at radius 2 is 2.33 bits per heavy atom. The zero-order valence-corrected chi connectivity index (χ0v) is 9.61. The number of aromatic carboxylic acids is 1. The maximum Gasteiger partial charge on any atom is 0.337 e. The Bertz CT molecular complexity index is 580. The van der Waals surface area contributed by atoms with Crippen molar-refractivity contribution in [2.24, 2.45) is 0 Å². The molecule has 5 nitrogen and oxygen atoms in total. The number of aromatic nitrogens is 1. The largest absolute Gasteiger partial charge is 0.478 e. The SMILES string of the molecule is Cc1cc(CNc2c(F)cccc2C(=O)O)no1. The summed E-state index contributed by atoms with van der Waals surface area (Å²) in [5.74, 6) is -1.16. The Kier molecular flexibility index (Phi) is 3.27. The molecule has 94 valence electrons. The molecule has 0 aliphatic rings. The fourth-order valence-corrected chi connectivity index (χ4v) is 1.56. The van der Waals surface area contributed by atoms with E-state index in [1.807, 2.05) is 0 Å². The molecular weight excluding hydrogens is 239 g/mol. The van der Waals surface area contributed by atoms with E-state index in [1.165, 1.54) is 18.2 Å². The van der Waals surface area contributed by atoms with E-state index < -0.39 is 11.8 Å².